The first-order chi connectivity index (χ1) is 15.1. The Hall–Kier alpha value is -4.09. The number of fused-ring (bicyclic) bond motifs is 1. The van der Waals surface area contributed by atoms with Gasteiger partial charge < -0.3 is 4.74 Å². The van der Waals surface area contributed by atoms with Crippen LogP contribution in [0.5, 0.6) is 0 Å². The number of aryl methyl sites for hydroxylation is 1. The van der Waals surface area contributed by atoms with E-state index in [9.17, 15) is 22.4 Å². The first-order valence-electron chi connectivity index (χ1n) is 9.09. The minimum Gasteiger partial charge on any atom is -0.419 e. The van der Waals surface area contributed by atoms with Crippen LogP contribution in [0.2, 0.25) is 0 Å². The molecule has 0 aliphatic carbocycles. The third kappa shape index (κ3) is 3.82. The Morgan fingerprint density at radius 3 is 2.47 bits per heavy atom. The van der Waals surface area contributed by atoms with Gasteiger partial charge in [0.05, 0.1) is 6.54 Å². The molecule has 8 nitrogen and oxygen atoms in total. The van der Waals surface area contributed by atoms with Crippen molar-refractivity contribution < 1.29 is 27.1 Å². The molecule has 164 valence electrons. The van der Waals surface area contributed by atoms with Crippen LogP contribution < -0.4 is 4.90 Å². The number of benzene rings is 1. The number of alkyl halides is 2. The highest BCUT2D eigenvalue weighted by Crippen LogP contribution is 2.35. The lowest BCUT2D eigenvalue weighted by molar-refractivity contribution is 0.0996. The Bertz CT molecular complexity index is 1250. The molecule has 1 aromatic carbocycles. The van der Waals surface area contributed by atoms with Gasteiger partial charge in [-0.05, 0) is 23.3 Å². The molecule has 1 aliphatic heterocycles. The van der Waals surface area contributed by atoms with Gasteiger partial charge in [0, 0.05) is 42.1 Å². The van der Waals surface area contributed by atoms with Gasteiger partial charge in [-0.1, -0.05) is 6.07 Å². The van der Waals surface area contributed by atoms with Crippen LogP contribution in [0.4, 0.5) is 23.4 Å². The Morgan fingerprint density at radius 1 is 1.12 bits per heavy atom. The summed E-state index contributed by atoms with van der Waals surface area (Å²) in [6.45, 7) is 0.0928. The molecule has 4 rings (SSSR count). The van der Waals surface area contributed by atoms with Crippen molar-refractivity contribution in [2.45, 2.75) is 13.0 Å². The van der Waals surface area contributed by atoms with Crippen molar-refractivity contribution in [3.05, 3.63) is 65.1 Å². The molecule has 0 bridgehead atoms. The SMILES string of the molecule is Cn1cc(-c2cc(F)nc(F)c2)c(N2Cc3ccc(C(=N)OC(=N)C(F)F)cc3C2=O)n1. The number of nitrogens with zero attached hydrogens (tertiary/aromatic N) is 4. The van der Waals surface area contributed by atoms with E-state index in [4.69, 9.17) is 10.8 Å². The summed E-state index contributed by atoms with van der Waals surface area (Å²) < 4.78 is 58.1. The Balaban J connectivity index is 1.67. The maximum absolute atomic E-state index is 13.6. The van der Waals surface area contributed by atoms with Gasteiger partial charge in [0.15, 0.2) is 5.82 Å². The normalized spacial score (nSPS) is 12.9. The number of ether oxygens (including phenoxy) is 1. The number of carbonyl (C=O) groups is 1. The van der Waals surface area contributed by atoms with E-state index in [1.54, 1.807) is 7.05 Å². The molecule has 2 aromatic heterocycles. The Labute approximate surface area is 178 Å². The van der Waals surface area contributed by atoms with Crippen LogP contribution >= 0.6 is 0 Å². The van der Waals surface area contributed by atoms with Crippen molar-refractivity contribution in [3.8, 4) is 11.1 Å². The summed E-state index contributed by atoms with van der Waals surface area (Å²) in [7, 11) is 1.59. The van der Waals surface area contributed by atoms with Crippen LogP contribution in [0.25, 0.3) is 11.1 Å². The minimum atomic E-state index is -3.17. The molecular formula is C20H14F4N6O2. The molecule has 1 aliphatic rings. The molecular weight excluding hydrogens is 432 g/mol. The molecule has 12 heteroatoms. The van der Waals surface area contributed by atoms with E-state index in [0.29, 0.717) is 11.1 Å². The first kappa shape index (κ1) is 21.2. The lowest BCUT2D eigenvalue weighted by Gasteiger charge is -2.14. The van der Waals surface area contributed by atoms with E-state index >= 15 is 0 Å². The standard InChI is InChI=1S/C20H14F4N6O2/c1-29-8-13(11-5-14(21)27-15(22)6-11)19(28-29)30-7-10-3-2-9(4-12(10)20(30)31)17(25)32-18(26)16(23)24/h2-6,8,16,25-26H,7H2,1H3. The maximum atomic E-state index is 13.6. The van der Waals surface area contributed by atoms with E-state index in [1.807, 2.05) is 0 Å². The van der Waals surface area contributed by atoms with Crippen molar-refractivity contribution in [3.63, 3.8) is 0 Å². The van der Waals surface area contributed by atoms with E-state index in [0.717, 1.165) is 12.1 Å². The third-order valence-electron chi connectivity index (χ3n) is 4.73. The number of hydrogen-bond donors (Lipinski definition) is 2. The van der Waals surface area contributed by atoms with Crippen LogP contribution in [0.15, 0.2) is 36.5 Å². The second-order valence-corrected chi connectivity index (χ2v) is 6.90. The number of rotatable bonds is 4. The first-order valence-corrected chi connectivity index (χ1v) is 9.09. The number of nitrogens with one attached hydrogen (secondary N) is 2. The zero-order valence-corrected chi connectivity index (χ0v) is 16.4. The number of amides is 1. The Morgan fingerprint density at radius 2 is 1.81 bits per heavy atom. The average molecular weight is 446 g/mol. The highest BCUT2D eigenvalue weighted by molar-refractivity contribution is 6.12. The number of carbonyl (C=O) groups excluding carboxylic acids is 1. The molecule has 3 heterocycles. The second kappa shape index (κ2) is 7.87. The zero-order chi connectivity index (χ0) is 23.2. The Kier molecular flexibility index (Phi) is 5.20. The van der Waals surface area contributed by atoms with E-state index < -0.39 is 36.0 Å². The predicted molar refractivity (Wildman–Crippen MR) is 105 cm³/mol. The predicted octanol–water partition coefficient (Wildman–Crippen LogP) is 3.51. The zero-order valence-electron chi connectivity index (χ0n) is 16.4. The number of pyridine rings is 1. The fraction of sp³-hybridized carbons (Fsp3) is 0.150. The summed E-state index contributed by atoms with van der Waals surface area (Å²) in [5.74, 6) is -4.48. The molecule has 0 unspecified atom stereocenters. The number of anilines is 1. The van der Waals surface area contributed by atoms with Crippen molar-refractivity contribution in [2.75, 3.05) is 4.90 Å². The topological polar surface area (TPSA) is 108 Å². The van der Waals surface area contributed by atoms with Gasteiger partial charge in [-0.3, -0.25) is 25.2 Å². The molecule has 2 N–H and O–H groups in total. The molecule has 0 radical (unpaired) electrons. The molecule has 0 fully saturated rings. The van der Waals surface area contributed by atoms with Crippen molar-refractivity contribution >= 4 is 23.5 Å². The number of aromatic nitrogens is 3. The summed E-state index contributed by atoms with van der Waals surface area (Å²) in [4.78, 5) is 17.4. The quantitative estimate of drug-likeness (QED) is 0.277. The minimum absolute atomic E-state index is 0.0314. The molecule has 0 atom stereocenters. The average Bonchev–Trinajstić information content (AvgIpc) is 3.26. The summed E-state index contributed by atoms with van der Waals surface area (Å²) in [5.41, 5.74) is 1.23. The van der Waals surface area contributed by atoms with Gasteiger partial charge >= 0.3 is 6.43 Å². The highest BCUT2D eigenvalue weighted by Gasteiger charge is 2.33. The molecule has 3 aromatic rings. The molecule has 32 heavy (non-hydrogen) atoms. The molecule has 0 spiro atoms. The van der Waals surface area contributed by atoms with Gasteiger partial charge in [0.25, 0.3) is 11.8 Å². The van der Waals surface area contributed by atoms with Crippen LogP contribution in [-0.2, 0) is 18.3 Å². The van der Waals surface area contributed by atoms with Crippen molar-refractivity contribution in [1.82, 2.24) is 14.8 Å². The fourth-order valence-corrected chi connectivity index (χ4v) is 3.33. The number of halogens is 4. The summed E-state index contributed by atoms with van der Waals surface area (Å²) in [5, 5.41) is 19.1. The summed E-state index contributed by atoms with van der Waals surface area (Å²) in [6.07, 6.45) is -1.67. The monoisotopic (exact) mass is 446 g/mol. The summed E-state index contributed by atoms with van der Waals surface area (Å²) >= 11 is 0. The van der Waals surface area contributed by atoms with Gasteiger partial charge in [-0.15, -0.1) is 0 Å². The van der Waals surface area contributed by atoms with E-state index in [-0.39, 0.29) is 29.1 Å². The van der Waals surface area contributed by atoms with Gasteiger partial charge in [-0.25, -0.2) is 0 Å². The van der Waals surface area contributed by atoms with Crippen LogP contribution in [0, 0.1) is 22.7 Å². The summed E-state index contributed by atoms with van der Waals surface area (Å²) in [6, 6.07) is 6.27. The molecule has 0 saturated heterocycles. The lowest BCUT2D eigenvalue weighted by atomic mass is 10.1. The van der Waals surface area contributed by atoms with E-state index in [1.165, 1.54) is 34.0 Å². The smallest absolute Gasteiger partial charge is 0.312 e. The van der Waals surface area contributed by atoms with Crippen molar-refractivity contribution in [1.29, 1.82) is 10.8 Å². The van der Waals surface area contributed by atoms with Crippen LogP contribution in [0.1, 0.15) is 21.5 Å². The molecule has 0 saturated carbocycles. The second-order valence-electron chi connectivity index (χ2n) is 6.90. The fourth-order valence-electron chi connectivity index (χ4n) is 3.33. The van der Waals surface area contributed by atoms with Crippen molar-refractivity contribution in [2.24, 2.45) is 7.05 Å². The third-order valence-corrected chi connectivity index (χ3v) is 4.73. The largest absolute Gasteiger partial charge is 0.419 e. The maximum Gasteiger partial charge on any atom is 0.312 e. The molecule has 1 amide bonds. The van der Waals surface area contributed by atoms with Gasteiger partial charge in [0.2, 0.25) is 17.8 Å². The van der Waals surface area contributed by atoms with Gasteiger partial charge in [0.1, 0.15) is 0 Å². The number of hydrogen-bond acceptors (Lipinski definition) is 6. The van der Waals surface area contributed by atoms with E-state index in [2.05, 4.69) is 14.8 Å². The van der Waals surface area contributed by atoms with Crippen LogP contribution in [-0.4, -0.2) is 38.9 Å². The highest BCUT2D eigenvalue weighted by atomic mass is 19.3. The van der Waals surface area contributed by atoms with Crippen LogP contribution in [0.3, 0.4) is 0 Å². The lowest BCUT2D eigenvalue weighted by Crippen LogP contribution is -2.24. The van der Waals surface area contributed by atoms with Gasteiger partial charge in [-0.2, -0.15) is 27.6 Å².